The Morgan fingerprint density at radius 3 is 2.32 bits per heavy atom. The van der Waals surface area contributed by atoms with E-state index < -0.39 is 5.54 Å². The molecule has 3 N–H and O–H groups in total. The molecule has 0 aromatic heterocycles. The lowest BCUT2D eigenvalue weighted by molar-refractivity contribution is -0.130. The summed E-state index contributed by atoms with van der Waals surface area (Å²) < 4.78 is 0. The molecule has 8 nitrogen and oxygen atoms in total. The van der Waals surface area contributed by atoms with Crippen molar-refractivity contribution >= 4 is 47.6 Å². The zero-order valence-electron chi connectivity index (χ0n) is 19.1. The first-order valence-electron chi connectivity index (χ1n) is 10.8. The van der Waals surface area contributed by atoms with Gasteiger partial charge in [0.05, 0.1) is 0 Å². The topological polar surface area (TPSA) is 89.1 Å². The first-order valence-corrected chi connectivity index (χ1v) is 10.8. The number of para-hydroxylation sites is 1. The van der Waals surface area contributed by atoms with Gasteiger partial charge in [-0.2, -0.15) is 0 Å². The van der Waals surface area contributed by atoms with E-state index in [2.05, 4.69) is 57.0 Å². The largest absolute Gasteiger partial charge is 0.372 e. The third kappa shape index (κ3) is 7.55. The van der Waals surface area contributed by atoms with Gasteiger partial charge >= 0.3 is 6.03 Å². The molecule has 1 aromatic carbocycles. The summed E-state index contributed by atoms with van der Waals surface area (Å²) in [6.45, 7) is 9.61. The van der Waals surface area contributed by atoms with Crippen molar-refractivity contribution in [2.24, 2.45) is 4.99 Å². The predicted molar refractivity (Wildman–Crippen MR) is 137 cm³/mol. The van der Waals surface area contributed by atoms with Crippen LogP contribution in [-0.4, -0.2) is 68.1 Å². The van der Waals surface area contributed by atoms with Crippen molar-refractivity contribution in [1.29, 1.82) is 0 Å². The Morgan fingerprint density at radius 1 is 1.13 bits per heavy atom. The minimum atomic E-state index is -0.770. The highest BCUT2D eigenvalue weighted by Gasteiger charge is 2.45. The van der Waals surface area contributed by atoms with Gasteiger partial charge in [0.1, 0.15) is 5.54 Å². The van der Waals surface area contributed by atoms with Gasteiger partial charge in [-0.25, -0.2) is 4.79 Å². The number of benzene rings is 1. The maximum Gasteiger partial charge on any atom is 0.325 e. The van der Waals surface area contributed by atoms with E-state index in [9.17, 15) is 9.59 Å². The number of imide groups is 1. The van der Waals surface area contributed by atoms with Crippen LogP contribution in [-0.2, 0) is 4.79 Å². The molecule has 1 fully saturated rings. The van der Waals surface area contributed by atoms with Crippen molar-refractivity contribution in [2.75, 3.05) is 44.7 Å². The number of aliphatic imine (C=N–C) groups is 1. The summed E-state index contributed by atoms with van der Waals surface area (Å²) in [6, 6.07) is 10.1. The van der Waals surface area contributed by atoms with E-state index in [0.717, 1.165) is 32.0 Å². The number of halogens is 1. The van der Waals surface area contributed by atoms with Gasteiger partial charge in [0.2, 0.25) is 0 Å². The molecule has 0 radical (unpaired) electrons. The van der Waals surface area contributed by atoms with Gasteiger partial charge in [-0.3, -0.25) is 14.7 Å². The number of hydrogen-bond donors (Lipinski definition) is 3. The first-order chi connectivity index (χ1) is 14.4. The molecule has 2 rings (SSSR count). The normalized spacial score (nSPS) is 18.5. The highest BCUT2D eigenvalue weighted by molar-refractivity contribution is 14.0. The molecule has 1 aromatic rings. The average molecular weight is 544 g/mol. The molecule has 1 unspecified atom stereocenters. The Bertz CT molecular complexity index is 730. The van der Waals surface area contributed by atoms with Crippen LogP contribution in [0.25, 0.3) is 0 Å². The predicted octanol–water partition coefficient (Wildman–Crippen LogP) is 2.80. The number of rotatable bonds is 11. The number of anilines is 1. The van der Waals surface area contributed by atoms with Gasteiger partial charge < -0.3 is 20.9 Å². The zero-order valence-corrected chi connectivity index (χ0v) is 21.4. The Balaban J connectivity index is 0.00000480. The number of urea groups is 1. The molecular weight excluding hydrogens is 507 g/mol. The van der Waals surface area contributed by atoms with Crippen molar-refractivity contribution in [1.82, 2.24) is 20.9 Å². The molecule has 0 saturated carbocycles. The molecule has 174 valence electrons. The van der Waals surface area contributed by atoms with Crippen LogP contribution in [0, 0.1) is 0 Å². The fourth-order valence-corrected chi connectivity index (χ4v) is 3.44. The van der Waals surface area contributed by atoms with Gasteiger partial charge in [-0.1, -0.05) is 25.1 Å². The summed E-state index contributed by atoms with van der Waals surface area (Å²) in [5.41, 5.74) is 0.469. The molecule has 0 bridgehead atoms. The average Bonchev–Trinajstić information content (AvgIpc) is 2.98. The van der Waals surface area contributed by atoms with Crippen LogP contribution in [0.4, 0.5) is 10.5 Å². The second-order valence-electron chi connectivity index (χ2n) is 7.62. The standard InChI is InChI=1S/C22H36N6O2.HI/c1-5-22(3)19(29)28(21(30)26-22)17-11-15-25-20(23-4)24-14-10-16-27(6-2)18-12-8-7-9-13-18;/h7-9,12-13H,5-6,10-11,14-17H2,1-4H3,(H,26,30)(H2,23,24,25);1H. The van der Waals surface area contributed by atoms with Gasteiger partial charge in [-0.05, 0) is 45.2 Å². The molecule has 1 aliphatic heterocycles. The van der Waals surface area contributed by atoms with E-state index in [1.165, 1.54) is 10.6 Å². The molecule has 9 heteroatoms. The Kier molecular flexibility index (Phi) is 11.7. The van der Waals surface area contributed by atoms with Crippen LogP contribution in [0.2, 0.25) is 0 Å². The van der Waals surface area contributed by atoms with E-state index in [-0.39, 0.29) is 35.9 Å². The number of hydrogen-bond acceptors (Lipinski definition) is 4. The van der Waals surface area contributed by atoms with Crippen LogP contribution in [0.1, 0.15) is 40.0 Å². The van der Waals surface area contributed by atoms with Crippen molar-refractivity contribution in [3.05, 3.63) is 30.3 Å². The van der Waals surface area contributed by atoms with E-state index in [0.29, 0.717) is 25.9 Å². The first kappa shape index (κ1) is 27.0. The molecule has 1 aliphatic rings. The maximum atomic E-state index is 12.4. The fraction of sp³-hybridized carbons (Fsp3) is 0.591. The molecular formula is C22H37IN6O2. The Labute approximate surface area is 203 Å². The third-order valence-electron chi connectivity index (χ3n) is 5.53. The minimum absolute atomic E-state index is 0. The van der Waals surface area contributed by atoms with Crippen LogP contribution < -0.4 is 20.9 Å². The summed E-state index contributed by atoms with van der Waals surface area (Å²) in [5, 5.41) is 9.35. The number of guanidine groups is 1. The maximum absolute atomic E-state index is 12.4. The number of amides is 3. The quantitative estimate of drug-likeness (QED) is 0.131. The van der Waals surface area contributed by atoms with E-state index in [1.807, 2.05) is 13.0 Å². The number of nitrogens with one attached hydrogen (secondary N) is 3. The molecule has 1 heterocycles. The van der Waals surface area contributed by atoms with Crippen molar-refractivity contribution < 1.29 is 9.59 Å². The number of carbonyl (C=O) groups is 2. The van der Waals surface area contributed by atoms with E-state index in [1.54, 1.807) is 14.0 Å². The zero-order chi connectivity index (χ0) is 22.0. The molecule has 0 spiro atoms. The van der Waals surface area contributed by atoms with Gasteiger partial charge in [0.25, 0.3) is 5.91 Å². The second-order valence-corrected chi connectivity index (χ2v) is 7.62. The van der Waals surface area contributed by atoms with Gasteiger partial charge in [-0.15, -0.1) is 24.0 Å². The molecule has 3 amide bonds. The van der Waals surface area contributed by atoms with E-state index in [4.69, 9.17) is 0 Å². The lowest BCUT2D eigenvalue weighted by atomic mass is 9.99. The Morgan fingerprint density at radius 2 is 1.77 bits per heavy atom. The number of carbonyl (C=O) groups excluding carboxylic acids is 2. The summed E-state index contributed by atoms with van der Waals surface area (Å²) >= 11 is 0. The van der Waals surface area contributed by atoms with E-state index >= 15 is 0 Å². The van der Waals surface area contributed by atoms with Gasteiger partial charge in [0.15, 0.2) is 5.96 Å². The summed E-state index contributed by atoms with van der Waals surface area (Å²) in [5.74, 6) is 0.588. The minimum Gasteiger partial charge on any atom is -0.372 e. The summed E-state index contributed by atoms with van der Waals surface area (Å²) in [6.07, 6.45) is 2.24. The lowest BCUT2D eigenvalue weighted by Crippen LogP contribution is -2.43. The summed E-state index contributed by atoms with van der Waals surface area (Å²) in [7, 11) is 1.74. The van der Waals surface area contributed by atoms with Gasteiger partial charge in [0, 0.05) is 45.5 Å². The molecule has 1 atom stereocenters. The second kappa shape index (κ2) is 13.4. The fourth-order valence-electron chi connectivity index (χ4n) is 3.44. The highest BCUT2D eigenvalue weighted by atomic mass is 127. The molecule has 31 heavy (non-hydrogen) atoms. The van der Waals surface area contributed by atoms with Crippen molar-refractivity contribution in [2.45, 2.75) is 45.6 Å². The van der Waals surface area contributed by atoms with Crippen LogP contribution in [0.15, 0.2) is 35.3 Å². The smallest absolute Gasteiger partial charge is 0.325 e. The monoisotopic (exact) mass is 544 g/mol. The Hall–Kier alpha value is -2.04. The van der Waals surface area contributed by atoms with Crippen LogP contribution in [0.5, 0.6) is 0 Å². The molecule has 0 aliphatic carbocycles. The van der Waals surface area contributed by atoms with Crippen LogP contribution >= 0.6 is 24.0 Å². The third-order valence-corrected chi connectivity index (χ3v) is 5.53. The van der Waals surface area contributed by atoms with Crippen molar-refractivity contribution in [3.8, 4) is 0 Å². The lowest BCUT2D eigenvalue weighted by Gasteiger charge is -2.23. The van der Waals surface area contributed by atoms with Crippen LogP contribution in [0.3, 0.4) is 0 Å². The number of nitrogens with zero attached hydrogens (tertiary/aromatic N) is 3. The molecule has 1 saturated heterocycles. The summed E-state index contributed by atoms with van der Waals surface area (Å²) in [4.78, 5) is 32.3. The van der Waals surface area contributed by atoms with Crippen molar-refractivity contribution in [3.63, 3.8) is 0 Å². The SMILES string of the molecule is CCN(CCCNC(=NC)NCCCN1C(=O)NC(C)(CC)C1=O)c1ccccc1.I. The highest BCUT2D eigenvalue weighted by Crippen LogP contribution is 2.20.